The Labute approximate surface area is 206 Å². The first-order valence-corrected chi connectivity index (χ1v) is 11.6. The molecule has 0 bridgehead atoms. The molecule has 4 heteroatoms. The zero-order valence-electron chi connectivity index (χ0n) is 19.1. The molecule has 0 saturated carbocycles. The van der Waals surface area contributed by atoms with E-state index in [9.17, 15) is 13.2 Å². The summed E-state index contributed by atoms with van der Waals surface area (Å²) in [5.41, 5.74) is 6.13. The van der Waals surface area contributed by atoms with Crippen LogP contribution in [0.15, 0.2) is 121 Å². The van der Waals surface area contributed by atoms with Gasteiger partial charge in [-0.25, -0.2) is 0 Å². The molecular weight excluding hydrogens is 455 g/mol. The van der Waals surface area contributed by atoms with E-state index in [1.165, 1.54) is 28.5 Å². The van der Waals surface area contributed by atoms with E-state index in [2.05, 4.69) is 77.8 Å². The van der Waals surface area contributed by atoms with Gasteiger partial charge in [0.1, 0.15) is 0 Å². The van der Waals surface area contributed by atoms with Gasteiger partial charge in [-0.05, 0) is 62.9 Å². The molecule has 1 nitrogen and oxygen atoms in total. The van der Waals surface area contributed by atoms with Gasteiger partial charge in [0.2, 0.25) is 0 Å². The Morgan fingerprint density at radius 3 is 1.92 bits per heavy atom. The number of halogens is 3. The van der Waals surface area contributed by atoms with E-state index < -0.39 is 11.7 Å². The van der Waals surface area contributed by atoms with Crippen LogP contribution < -0.4 is 0 Å². The van der Waals surface area contributed by atoms with Crippen molar-refractivity contribution in [1.82, 2.24) is 4.98 Å². The van der Waals surface area contributed by atoms with Gasteiger partial charge < -0.3 is 0 Å². The number of hydrogen-bond acceptors (Lipinski definition) is 1. The molecule has 0 N–H and O–H groups in total. The van der Waals surface area contributed by atoms with E-state index in [0.717, 1.165) is 50.9 Å². The van der Waals surface area contributed by atoms with Crippen molar-refractivity contribution in [2.45, 2.75) is 6.18 Å². The zero-order chi connectivity index (χ0) is 24.7. The highest BCUT2D eigenvalue weighted by molar-refractivity contribution is 5.97. The van der Waals surface area contributed by atoms with Crippen molar-refractivity contribution < 1.29 is 13.2 Å². The smallest absolute Gasteiger partial charge is 0.256 e. The monoisotopic (exact) mass is 475 g/mol. The topological polar surface area (TPSA) is 12.9 Å². The normalized spacial score (nSPS) is 11.8. The van der Waals surface area contributed by atoms with Crippen molar-refractivity contribution in [2.75, 3.05) is 0 Å². The molecule has 0 unspecified atom stereocenters. The number of aromatic nitrogens is 1. The van der Waals surface area contributed by atoms with Gasteiger partial charge in [-0.1, -0.05) is 91.0 Å². The second kappa shape index (κ2) is 8.65. The van der Waals surface area contributed by atoms with Crippen LogP contribution in [0.1, 0.15) is 5.56 Å². The molecule has 0 aliphatic carbocycles. The minimum atomic E-state index is -4.34. The third-order valence-corrected chi connectivity index (χ3v) is 6.55. The van der Waals surface area contributed by atoms with Crippen LogP contribution in [0.2, 0.25) is 0 Å². The predicted molar refractivity (Wildman–Crippen MR) is 141 cm³/mol. The molecule has 0 aliphatic rings. The summed E-state index contributed by atoms with van der Waals surface area (Å²) >= 11 is 0. The number of benzene rings is 5. The fourth-order valence-electron chi connectivity index (χ4n) is 4.63. The van der Waals surface area contributed by atoms with Crippen molar-refractivity contribution >= 4 is 21.7 Å². The maximum absolute atomic E-state index is 12.9. The van der Waals surface area contributed by atoms with Crippen molar-refractivity contribution in [1.29, 1.82) is 0 Å². The number of alkyl halides is 3. The second-order valence-electron chi connectivity index (χ2n) is 8.81. The molecule has 0 radical (unpaired) electrons. The van der Waals surface area contributed by atoms with Crippen LogP contribution in [0.4, 0.5) is 13.2 Å². The summed E-state index contributed by atoms with van der Waals surface area (Å²) < 4.78 is 38.6. The number of pyridine rings is 1. The van der Waals surface area contributed by atoms with Crippen LogP contribution >= 0.6 is 0 Å². The van der Waals surface area contributed by atoms with Gasteiger partial charge in [0.25, 0.3) is 0 Å². The predicted octanol–water partition coefficient (Wildman–Crippen LogP) is 9.41. The van der Waals surface area contributed by atoms with Gasteiger partial charge in [-0.2, -0.15) is 13.2 Å². The SMILES string of the molecule is FC(F)(F)c1ccc(-c2ccc3cc(-c4ccc(-c5cccc6ccccc56)cc4)cnc3c2)cc1. The van der Waals surface area contributed by atoms with Crippen molar-refractivity contribution in [2.24, 2.45) is 0 Å². The number of nitrogens with zero attached hydrogens (tertiary/aromatic N) is 1. The molecule has 0 saturated heterocycles. The standard InChI is InChI=1S/C32H20F3N/c33-32(34,35)28-16-14-21(15-17-28)25-12-13-26-18-27(20-36-31(26)19-25)22-8-10-24(11-9-22)30-7-3-5-23-4-1-2-6-29(23)30/h1-20H. The summed E-state index contributed by atoms with van der Waals surface area (Å²) in [5, 5.41) is 3.42. The van der Waals surface area contributed by atoms with E-state index in [1.54, 1.807) is 0 Å². The first kappa shape index (κ1) is 22.1. The van der Waals surface area contributed by atoms with Crippen molar-refractivity contribution in [3.63, 3.8) is 0 Å². The molecule has 0 spiro atoms. The van der Waals surface area contributed by atoms with E-state index in [-0.39, 0.29) is 0 Å². The zero-order valence-corrected chi connectivity index (χ0v) is 19.1. The van der Waals surface area contributed by atoms with Crippen LogP contribution in [-0.2, 0) is 6.18 Å². The third-order valence-electron chi connectivity index (χ3n) is 6.55. The van der Waals surface area contributed by atoms with Gasteiger partial charge in [0.15, 0.2) is 0 Å². The van der Waals surface area contributed by atoms with E-state index >= 15 is 0 Å². The lowest BCUT2D eigenvalue weighted by atomic mass is 9.96. The molecule has 6 aromatic rings. The van der Waals surface area contributed by atoms with E-state index in [1.807, 2.05) is 24.4 Å². The maximum atomic E-state index is 12.9. The fraction of sp³-hybridized carbons (Fsp3) is 0.0312. The van der Waals surface area contributed by atoms with E-state index in [0.29, 0.717) is 0 Å². The Bertz CT molecular complexity index is 1690. The molecule has 36 heavy (non-hydrogen) atoms. The third kappa shape index (κ3) is 4.11. The molecule has 1 aromatic heterocycles. The average Bonchev–Trinajstić information content (AvgIpc) is 2.92. The lowest BCUT2D eigenvalue weighted by Crippen LogP contribution is -2.03. The Kier molecular flexibility index (Phi) is 5.30. The molecule has 0 amide bonds. The fourth-order valence-corrected chi connectivity index (χ4v) is 4.63. The van der Waals surface area contributed by atoms with E-state index in [4.69, 9.17) is 0 Å². The average molecular weight is 476 g/mol. The molecule has 1 heterocycles. The summed E-state index contributed by atoms with van der Waals surface area (Å²) in [6.45, 7) is 0. The van der Waals surface area contributed by atoms with Gasteiger partial charge in [0, 0.05) is 17.1 Å². The minimum absolute atomic E-state index is 0.652. The minimum Gasteiger partial charge on any atom is -0.256 e. The molecular formula is C32H20F3N. The Balaban J connectivity index is 1.29. The van der Waals surface area contributed by atoms with Crippen molar-refractivity contribution in [3.8, 4) is 33.4 Å². The summed E-state index contributed by atoms with van der Waals surface area (Å²) in [6.07, 6.45) is -2.50. The summed E-state index contributed by atoms with van der Waals surface area (Å²) in [6, 6.07) is 36.3. The summed E-state index contributed by atoms with van der Waals surface area (Å²) in [7, 11) is 0. The summed E-state index contributed by atoms with van der Waals surface area (Å²) in [4.78, 5) is 4.64. The van der Waals surface area contributed by atoms with Crippen LogP contribution in [-0.4, -0.2) is 4.98 Å². The van der Waals surface area contributed by atoms with Crippen LogP contribution in [0.5, 0.6) is 0 Å². The molecule has 174 valence electrons. The highest BCUT2D eigenvalue weighted by Crippen LogP contribution is 2.33. The molecule has 0 fully saturated rings. The Morgan fingerprint density at radius 1 is 0.500 bits per heavy atom. The van der Waals surface area contributed by atoms with Gasteiger partial charge in [-0.3, -0.25) is 4.98 Å². The van der Waals surface area contributed by atoms with Crippen LogP contribution in [0, 0.1) is 0 Å². The summed E-state index contributed by atoms with van der Waals surface area (Å²) in [5.74, 6) is 0. The largest absolute Gasteiger partial charge is 0.416 e. The number of rotatable bonds is 3. The Morgan fingerprint density at radius 2 is 1.14 bits per heavy atom. The quantitative estimate of drug-likeness (QED) is 0.248. The highest BCUT2D eigenvalue weighted by Gasteiger charge is 2.29. The lowest BCUT2D eigenvalue weighted by Gasteiger charge is -2.10. The van der Waals surface area contributed by atoms with Gasteiger partial charge in [0.05, 0.1) is 11.1 Å². The number of fused-ring (bicyclic) bond motifs is 2. The van der Waals surface area contributed by atoms with Gasteiger partial charge in [-0.15, -0.1) is 0 Å². The molecule has 6 rings (SSSR count). The molecule has 5 aromatic carbocycles. The van der Waals surface area contributed by atoms with Crippen molar-refractivity contribution in [3.05, 3.63) is 127 Å². The first-order valence-electron chi connectivity index (χ1n) is 11.6. The maximum Gasteiger partial charge on any atom is 0.416 e. The molecule has 0 atom stereocenters. The molecule has 0 aliphatic heterocycles. The van der Waals surface area contributed by atoms with Gasteiger partial charge >= 0.3 is 6.18 Å². The highest BCUT2D eigenvalue weighted by atomic mass is 19.4. The van der Waals surface area contributed by atoms with Crippen LogP contribution in [0.3, 0.4) is 0 Å². The number of hydrogen-bond donors (Lipinski definition) is 0. The van der Waals surface area contributed by atoms with Crippen LogP contribution in [0.25, 0.3) is 55.1 Å². The Hall–Kier alpha value is -4.44. The second-order valence-corrected chi connectivity index (χ2v) is 8.81. The first-order chi connectivity index (χ1) is 17.5. The lowest BCUT2D eigenvalue weighted by molar-refractivity contribution is -0.137.